The van der Waals surface area contributed by atoms with Crippen molar-refractivity contribution in [3.8, 4) is 0 Å². The second-order valence-electron chi connectivity index (χ2n) is 3.82. The molecule has 1 saturated carbocycles. The number of hydrogen-bond donors (Lipinski definition) is 1. The largest absolute Gasteiger partial charge is 0.327 e. The highest BCUT2D eigenvalue weighted by atomic mass is 19.1. The zero-order valence-electron chi connectivity index (χ0n) is 7.84. The molecule has 0 radical (unpaired) electrons. The SMILES string of the molecule is NCC(F)(c1ccccc1F)C1CC1. The van der Waals surface area contributed by atoms with Crippen molar-refractivity contribution < 1.29 is 8.78 Å². The molecule has 3 heteroatoms. The summed E-state index contributed by atoms with van der Waals surface area (Å²) in [5, 5.41) is 0. The van der Waals surface area contributed by atoms with Crippen LogP contribution in [0.2, 0.25) is 0 Å². The molecule has 1 aliphatic rings. The Bertz CT molecular complexity index is 336. The van der Waals surface area contributed by atoms with E-state index in [2.05, 4.69) is 0 Å². The molecular formula is C11H13F2N. The first-order chi connectivity index (χ1) is 6.68. The standard InChI is InChI=1S/C11H13F2N/c12-10-4-2-1-3-9(10)11(13,7-14)8-5-6-8/h1-4,8H,5-7,14H2. The minimum atomic E-state index is -1.66. The molecule has 0 heterocycles. The highest BCUT2D eigenvalue weighted by molar-refractivity contribution is 5.27. The lowest BCUT2D eigenvalue weighted by Gasteiger charge is -2.24. The monoisotopic (exact) mass is 197 g/mol. The molecule has 0 aromatic heterocycles. The van der Waals surface area contributed by atoms with Gasteiger partial charge in [-0.3, -0.25) is 0 Å². The van der Waals surface area contributed by atoms with Crippen LogP contribution in [0.3, 0.4) is 0 Å². The molecule has 1 aromatic carbocycles. The first-order valence-corrected chi connectivity index (χ1v) is 4.82. The zero-order chi connectivity index (χ0) is 10.2. The summed E-state index contributed by atoms with van der Waals surface area (Å²) in [6, 6.07) is 5.97. The summed E-state index contributed by atoms with van der Waals surface area (Å²) in [7, 11) is 0. The van der Waals surface area contributed by atoms with Gasteiger partial charge in [-0.05, 0) is 24.8 Å². The quantitative estimate of drug-likeness (QED) is 0.790. The molecule has 2 N–H and O–H groups in total. The van der Waals surface area contributed by atoms with Gasteiger partial charge in [0.2, 0.25) is 0 Å². The van der Waals surface area contributed by atoms with Gasteiger partial charge in [-0.2, -0.15) is 0 Å². The van der Waals surface area contributed by atoms with Crippen molar-refractivity contribution in [3.63, 3.8) is 0 Å². The molecular weight excluding hydrogens is 184 g/mol. The fourth-order valence-electron chi connectivity index (χ4n) is 1.84. The van der Waals surface area contributed by atoms with Crippen LogP contribution in [0, 0.1) is 11.7 Å². The van der Waals surface area contributed by atoms with Crippen molar-refractivity contribution in [2.45, 2.75) is 18.5 Å². The molecule has 1 nitrogen and oxygen atoms in total. The van der Waals surface area contributed by atoms with Crippen molar-refractivity contribution in [2.75, 3.05) is 6.54 Å². The highest BCUT2D eigenvalue weighted by Crippen LogP contribution is 2.48. The van der Waals surface area contributed by atoms with Gasteiger partial charge in [-0.1, -0.05) is 18.2 Å². The van der Waals surface area contributed by atoms with Crippen LogP contribution in [0.15, 0.2) is 24.3 Å². The molecule has 0 spiro atoms. The maximum atomic E-state index is 14.3. The highest BCUT2D eigenvalue weighted by Gasteiger charge is 2.47. The van der Waals surface area contributed by atoms with Crippen LogP contribution in [0.25, 0.3) is 0 Å². The summed E-state index contributed by atoms with van der Waals surface area (Å²) in [4.78, 5) is 0. The summed E-state index contributed by atoms with van der Waals surface area (Å²) in [6.07, 6.45) is 1.62. The Hall–Kier alpha value is -0.960. The lowest BCUT2D eigenvalue weighted by molar-refractivity contribution is 0.137. The molecule has 0 saturated heterocycles. The fourth-order valence-corrected chi connectivity index (χ4v) is 1.84. The first-order valence-electron chi connectivity index (χ1n) is 4.82. The van der Waals surface area contributed by atoms with E-state index in [1.807, 2.05) is 0 Å². The third-order valence-electron chi connectivity index (χ3n) is 2.84. The molecule has 14 heavy (non-hydrogen) atoms. The van der Waals surface area contributed by atoms with E-state index >= 15 is 0 Å². The topological polar surface area (TPSA) is 26.0 Å². The van der Waals surface area contributed by atoms with Crippen LogP contribution in [0.4, 0.5) is 8.78 Å². The predicted octanol–water partition coefficient (Wildman–Crippen LogP) is 2.36. The average molecular weight is 197 g/mol. The summed E-state index contributed by atoms with van der Waals surface area (Å²) in [5.41, 5.74) is 3.86. The minimum Gasteiger partial charge on any atom is -0.327 e. The summed E-state index contributed by atoms with van der Waals surface area (Å²) in [5.74, 6) is -0.586. The summed E-state index contributed by atoms with van der Waals surface area (Å²) >= 11 is 0. The molecule has 1 fully saturated rings. The van der Waals surface area contributed by atoms with Gasteiger partial charge in [0, 0.05) is 12.1 Å². The van der Waals surface area contributed by atoms with Crippen molar-refractivity contribution in [2.24, 2.45) is 11.7 Å². The van der Waals surface area contributed by atoms with Crippen molar-refractivity contribution in [1.29, 1.82) is 0 Å². The van der Waals surface area contributed by atoms with Crippen LogP contribution in [0.1, 0.15) is 18.4 Å². The molecule has 0 aliphatic heterocycles. The Morgan fingerprint density at radius 2 is 2.00 bits per heavy atom. The summed E-state index contributed by atoms with van der Waals surface area (Å²) < 4.78 is 27.7. The molecule has 1 aliphatic carbocycles. The Morgan fingerprint density at radius 3 is 2.50 bits per heavy atom. The van der Waals surface area contributed by atoms with E-state index in [1.165, 1.54) is 12.1 Å². The van der Waals surface area contributed by atoms with E-state index in [1.54, 1.807) is 12.1 Å². The second-order valence-corrected chi connectivity index (χ2v) is 3.82. The summed E-state index contributed by atoms with van der Waals surface area (Å²) in [6.45, 7) is -0.140. The van der Waals surface area contributed by atoms with Gasteiger partial charge in [0.15, 0.2) is 5.67 Å². The maximum absolute atomic E-state index is 14.3. The molecule has 76 valence electrons. The average Bonchev–Trinajstić information content (AvgIpc) is 3.01. The van der Waals surface area contributed by atoms with Crippen molar-refractivity contribution in [1.82, 2.24) is 0 Å². The first kappa shape index (κ1) is 9.59. The third-order valence-corrected chi connectivity index (χ3v) is 2.84. The third kappa shape index (κ3) is 1.42. The van der Waals surface area contributed by atoms with Crippen LogP contribution in [-0.4, -0.2) is 6.54 Å². The molecule has 1 unspecified atom stereocenters. The van der Waals surface area contributed by atoms with Gasteiger partial charge in [-0.15, -0.1) is 0 Å². The Morgan fingerprint density at radius 1 is 1.36 bits per heavy atom. The van der Waals surface area contributed by atoms with Gasteiger partial charge >= 0.3 is 0 Å². The molecule has 2 rings (SSSR count). The van der Waals surface area contributed by atoms with E-state index in [-0.39, 0.29) is 18.0 Å². The Kier molecular flexibility index (Phi) is 2.27. The lowest BCUT2D eigenvalue weighted by Crippen LogP contribution is -2.33. The minimum absolute atomic E-state index is 0.0931. The smallest absolute Gasteiger partial charge is 0.153 e. The molecule has 0 bridgehead atoms. The Balaban J connectivity index is 2.40. The van der Waals surface area contributed by atoms with Crippen LogP contribution in [0.5, 0.6) is 0 Å². The van der Waals surface area contributed by atoms with Gasteiger partial charge in [-0.25, -0.2) is 8.78 Å². The number of hydrogen-bond acceptors (Lipinski definition) is 1. The zero-order valence-corrected chi connectivity index (χ0v) is 7.84. The van der Waals surface area contributed by atoms with Crippen LogP contribution < -0.4 is 5.73 Å². The lowest BCUT2D eigenvalue weighted by atomic mass is 9.90. The van der Waals surface area contributed by atoms with Crippen LogP contribution >= 0.6 is 0 Å². The molecule has 1 aromatic rings. The molecule has 1 atom stereocenters. The van der Waals surface area contributed by atoms with Gasteiger partial charge in [0.1, 0.15) is 5.82 Å². The van der Waals surface area contributed by atoms with Crippen molar-refractivity contribution in [3.05, 3.63) is 35.6 Å². The number of rotatable bonds is 3. The van der Waals surface area contributed by atoms with E-state index < -0.39 is 11.5 Å². The number of nitrogens with two attached hydrogens (primary N) is 1. The number of alkyl halides is 1. The predicted molar refractivity (Wildman–Crippen MR) is 51.0 cm³/mol. The number of benzene rings is 1. The van der Waals surface area contributed by atoms with Gasteiger partial charge in [0.05, 0.1) is 0 Å². The van der Waals surface area contributed by atoms with Gasteiger partial charge in [0.25, 0.3) is 0 Å². The van der Waals surface area contributed by atoms with Crippen molar-refractivity contribution >= 4 is 0 Å². The van der Waals surface area contributed by atoms with Crippen LogP contribution in [-0.2, 0) is 5.67 Å². The second kappa shape index (κ2) is 3.31. The normalized spacial score (nSPS) is 20.5. The number of halogens is 2. The maximum Gasteiger partial charge on any atom is 0.153 e. The van der Waals surface area contributed by atoms with E-state index in [0.29, 0.717) is 0 Å². The van der Waals surface area contributed by atoms with Gasteiger partial charge < -0.3 is 5.73 Å². The molecule has 0 amide bonds. The van der Waals surface area contributed by atoms with E-state index in [4.69, 9.17) is 5.73 Å². The van der Waals surface area contributed by atoms with E-state index in [9.17, 15) is 8.78 Å². The van der Waals surface area contributed by atoms with E-state index in [0.717, 1.165) is 12.8 Å². The Labute approximate surface area is 81.9 Å². The fraction of sp³-hybridized carbons (Fsp3) is 0.455.